The van der Waals surface area contributed by atoms with Gasteiger partial charge in [-0.15, -0.1) is 0 Å². The highest BCUT2D eigenvalue weighted by atomic mass is 35.5. The number of carbonyl (C=O) groups excluding carboxylic acids is 1. The molecule has 2 aliphatic heterocycles. The van der Waals surface area contributed by atoms with E-state index < -0.39 is 5.82 Å². The van der Waals surface area contributed by atoms with Crippen LogP contribution in [0, 0.1) is 5.82 Å². The second-order valence-electron chi connectivity index (χ2n) is 5.86. The van der Waals surface area contributed by atoms with Gasteiger partial charge in [0.1, 0.15) is 5.82 Å². The molecule has 2 unspecified atom stereocenters. The van der Waals surface area contributed by atoms with Gasteiger partial charge in [-0.3, -0.25) is 4.79 Å². The van der Waals surface area contributed by atoms with E-state index in [2.05, 4.69) is 5.32 Å². The van der Waals surface area contributed by atoms with E-state index >= 15 is 0 Å². The van der Waals surface area contributed by atoms with Crippen LogP contribution in [0.1, 0.15) is 42.5 Å². The smallest absolute Gasteiger partial charge is 0.258 e. The standard InChI is InChI=1S/C16H20ClFN2O/c17-11-5-3-6-12(18)15(11)16(21)20-10-2-1-8-14(20)13-7-4-9-19-13/h3,5-6,13-14,19H,1-2,4,7-10H2. The minimum Gasteiger partial charge on any atom is -0.334 e. The summed E-state index contributed by atoms with van der Waals surface area (Å²) in [6.07, 6.45) is 5.30. The van der Waals surface area contributed by atoms with Gasteiger partial charge in [0.25, 0.3) is 5.91 Å². The van der Waals surface area contributed by atoms with Gasteiger partial charge < -0.3 is 10.2 Å². The normalized spacial score (nSPS) is 26.1. The molecule has 1 N–H and O–H groups in total. The van der Waals surface area contributed by atoms with Crippen molar-refractivity contribution in [3.63, 3.8) is 0 Å². The maximum Gasteiger partial charge on any atom is 0.258 e. The molecule has 1 aromatic carbocycles. The Labute approximate surface area is 129 Å². The Bertz CT molecular complexity index is 511. The molecule has 3 nitrogen and oxygen atoms in total. The summed E-state index contributed by atoms with van der Waals surface area (Å²) in [5.74, 6) is -0.798. The zero-order valence-corrected chi connectivity index (χ0v) is 12.7. The Morgan fingerprint density at radius 3 is 2.86 bits per heavy atom. The third-order valence-corrected chi connectivity index (χ3v) is 4.86. The first-order valence-electron chi connectivity index (χ1n) is 7.67. The number of rotatable bonds is 2. The minimum absolute atomic E-state index is 0.0177. The second kappa shape index (κ2) is 6.32. The van der Waals surface area contributed by atoms with E-state index in [1.165, 1.54) is 12.1 Å². The average molecular weight is 311 g/mol. The van der Waals surface area contributed by atoms with E-state index in [-0.39, 0.29) is 22.5 Å². The molecule has 114 valence electrons. The number of amides is 1. The number of nitrogens with zero attached hydrogens (tertiary/aromatic N) is 1. The molecule has 0 aromatic heterocycles. The lowest BCUT2D eigenvalue weighted by atomic mass is 9.93. The Hall–Kier alpha value is -1.13. The van der Waals surface area contributed by atoms with Gasteiger partial charge in [0.05, 0.1) is 10.6 Å². The van der Waals surface area contributed by atoms with Crippen molar-refractivity contribution in [1.29, 1.82) is 0 Å². The molecule has 0 spiro atoms. The van der Waals surface area contributed by atoms with Crippen LogP contribution in [0.4, 0.5) is 4.39 Å². The Balaban J connectivity index is 1.87. The van der Waals surface area contributed by atoms with Crippen molar-refractivity contribution in [1.82, 2.24) is 10.2 Å². The number of likely N-dealkylation sites (tertiary alicyclic amines) is 1. The molecule has 1 aromatic rings. The molecular weight excluding hydrogens is 291 g/mol. The van der Waals surface area contributed by atoms with Crippen LogP contribution in [0.25, 0.3) is 0 Å². The fourth-order valence-corrected chi connectivity index (χ4v) is 3.76. The minimum atomic E-state index is -0.531. The lowest BCUT2D eigenvalue weighted by molar-refractivity contribution is 0.0559. The maximum atomic E-state index is 14.0. The number of carbonyl (C=O) groups is 1. The molecule has 2 atom stereocenters. The van der Waals surface area contributed by atoms with Gasteiger partial charge in [-0.25, -0.2) is 4.39 Å². The Morgan fingerprint density at radius 1 is 1.29 bits per heavy atom. The number of piperidine rings is 1. The van der Waals surface area contributed by atoms with Gasteiger partial charge in [-0.1, -0.05) is 17.7 Å². The van der Waals surface area contributed by atoms with Crippen LogP contribution in [0.5, 0.6) is 0 Å². The summed E-state index contributed by atoms with van der Waals surface area (Å²) in [6.45, 7) is 1.69. The molecule has 2 heterocycles. The summed E-state index contributed by atoms with van der Waals surface area (Å²) in [5, 5.41) is 3.67. The number of nitrogens with one attached hydrogen (secondary N) is 1. The van der Waals surface area contributed by atoms with E-state index in [1.54, 1.807) is 6.07 Å². The molecule has 2 fully saturated rings. The molecule has 1 amide bonds. The maximum absolute atomic E-state index is 14.0. The topological polar surface area (TPSA) is 32.3 Å². The lowest BCUT2D eigenvalue weighted by Gasteiger charge is -2.39. The van der Waals surface area contributed by atoms with Gasteiger partial charge in [0.2, 0.25) is 0 Å². The first-order valence-corrected chi connectivity index (χ1v) is 8.04. The SMILES string of the molecule is O=C(c1c(F)cccc1Cl)N1CCCCC1C1CCCN1. The summed E-state index contributed by atoms with van der Waals surface area (Å²) in [7, 11) is 0. The van der Waals surface area contributed by atoms with Crippen LogP contribution < -0.4 is 5.32 Å². The molecule has 0 aliphatic carbocycles. The van der Waals surface area contributed by atoms with E-state index in [9.17, 15) is 9.18 Å². The highest BCUT2D eigenvalue weighted by Gasteiger charge is 2.35. The number of benzene rings is 1. The van der Waals surface area contributed by atoms with Gasteiger partial charge in [0, 0.05) is 18.6 Å². The van der Waals surface area contributed by atoms with Crippen molar-refractivity contribution >= 4 is 17.5 Å². The Morgan fingerprint density at radius 2 is 2.14 bits per heavy atom. The molecular formula is C16H20ClFN2O. The summed E-state index contributed by atoms with van der Waals surface area (Å²) in [5.41, 5.74) is 0.0177. The highest BCUT2D eigenvalue weighted by molar-refractivity contribution is 6.33. The fourth-order valence-electron chi connectivity index (χ4n) is 3.51. The van der Waals surface area contributed by atoms with Crippen molar-refractivity contribution in [2.75, 3.05) is 13.1 Å². The second-order valence-corrected chi connectivity index (χ2v) is 6.27. The van der Waals surface area contributed by atoms with Gasteiger partial charge in [0.15, 0.2) is 0 Å². The van der Waals surface area contributed by atoms with Crippen molar-refractivity contribution in [3.8, 4) is 0 Å². The van der Waals surface area contributed by atoms with Gasteiger partial charge in [-0.05, 0) is 50.8 Å². The predicted molar refractivity (Wildman–Crippen MR) is 81.1 cm³/mol. The van der Waals surface area contributed by atoms with Gasteiger partial charge in [-0.2, -0.15) is 0 Å². The first kappa shape index (κ1) is 14.8. The molecule has 0 saturated carbocycles. The van der Waals surface area contributed by atoms with E-state index in [0.717, 1.165) is 38.6 Å². The molecule has 0 bridgehead atoms. The summed E-state index contributed by atoms with van der Waals surface area (Å²) < 4.78 is 14.0. The molecule has 21 heavy (non-hydrogen) atoms. The summed E-state index contributed by atoms with van der Waals surface area (Å²) in [4.78, 5) is 14.6. The quantitative estimate of drug-likeness (QED) is 0.909. The number of halogens is 2. The molecule has 0 radical (unpaired) electrons. The monoisotopic (exact) mass is 310 g/mol. The molecule has 2 saturated heterocycles. The fraction of sp³-hybridized carbons (Fsp3) is 0.562. The third-order valence-electron chi connectivity index (χ3n) is 4.55. The van der Waals surface area contributed by atoms with Crippen molar-refractivity contribution in [2.45, 2.75) is 44.2 Å². The van der Waals surface area contributed by atoms with E-state index in [1.807, 2.05) is 4.90 Å². The van der Waals surface area contributed by atoms with E-state index in [0.29, 0.717) is 12.6 Å². The predicted octanol–water partition coefficient (Wildman–Crippen LogP) is 3.23. The van der Waals surface area contributed by atoms with Crippen molar-refractivity contribution < 1.29 is 9.18 Å². The van der Waals surface area contributed by atoms with Crippen molar-refractivity contribution in [3.05, 3.63) is 34.6 Å². The van der Waals surface area contributed by atoms with Crippen LogP contribution in [-0.2, 0) is 0 Å². The number of hydrogen-bond donors (Lipinski definition) is 1. The zero-order valence-electron chi connectivity index (χ0n) is 11.9. The highest BCUT2D eigenvalue weighted by Crippen LogP contribution is 2.28. The van der Waals surface area contributed by atoms with Crippen LogP contribution >= 0.6 is 11.6 Å². The summed E-state index contributed by atoms with van der Waals surface area (Å²) >= 11 is 6.05. The van der Waals surface area contributed by atoms with Crippen LogP contribution in [0.2, 0.25) is 5.02 Å². The summed E-state index contributed by atoms with van der Waals surface area (Å²) in [6, 6.07) is 4.89. The van der Waals surface area contributed by atoms with Crippen LogP contribution in [0.15, 0.2) is 18.2 Å². The zero-order chi connectivity index (χ0) is 14.8. The molecule has 5 heteroatoms. The largest absolute Gasteiger partial charge is 0.334 e. The van der Waals surface area contributed by atoms with Crippen molar-refractivity contribution in [2.24, 2.45) is 0 Å². The number of hydrogen-bond acceptors (Lipinski definition) is 2. The van der Waals surface area contributed by atoms with Crippen LogP contribution in [-0.4, -0.2) is 36.0 Å². The van der Waals surface area contributed by atoms with Crippen LogP contribution in [0.3, 0.4) is 0 Å². The third kappa shape index (κ3) is 2.92. The molecule has 2 aliphatic rings. The molecule has 3 rings (SSSR count). The first-order chi connectivity index (χ1) is 10.2. The van der Waals surface area contributed by atoms with Gasteiger partial charge >= 0.3 is 0 Å². The average Bonchev–Trinajstić information content (AvgIpc) is 3.01. The lowest BCUT2D eigenvalue weighted by Crippen LogP contribution is -2.52. The van der Waals surface area contributed by atoms with E-state index in [4.69, 9.17) is 11.6 Å². The Kier molecular flexibility index (Phi) is 4.45.